The summed E-state index contributed by atoms with van der Waals surface area (Å²) in [4.78, 5) is 15.3. The average Bonchev–Trinajstić information content (AvgIpc) is 3.34. The fraction of sp³-hybridized carbons (Fsp3) is 0.667. The van der Waals surface area contributed by atoms with E-state index in [0.717, 1.165) is 31.7 Å². The molecule has 1 N–H and O–H groups in total. The molecule has 0 radical (unpaired) electrons. The lowest BCUT2D eigenvalue weighted by Crippen LogP contribution is -2.64. The highest BCUT2D eigenvalue weighted by Gasteiger charge is 2.58. The lowest BCUT2D eigenvalue weighted by Gasteiger charge is -2.60. The number of aromatic hydroxyl groups is 1. The first kappa shape index (κ1) is 14.9. The van der Waals surface area contributed by atoms with Gasteiger partial charge in [0.25, 0.3) is 0 Å². The van der Waals surface area contributed by atoms with Crippen molar-refractivity contribution >= 4 is 5.78 Å². The summed E-state index contributed by atoms with van der Waals surface area (Å²) >= 11 is 0. The molecule has 2 bridgehead atoms. The summed E-state index contributed by atoms with van der Waals surface area (Å²) in [6.45, 7) is 4.66. The SMILES string of the molecule is C[C@@H]1CC(=O)CC23CCN(CC4CC4)C(Cc4ccc(O)cc42)[C@@H]13. The summed E-state index contributed by atoms with van der Waals surface area (Å²) in [6.07, 6.45) is 6.40. The molecule has 0 spiro atoms. The molecule has 0 aromatic heterocycles. The maximum Gasteiger partial charge on any atom is 0.134 e. The average molecular weight is 325 g/mol. The topological polar surface area (TPSA) is 40.5 Å². The number of Topliss-reactive ketones (excluding diaryl/α,β-unsaturated/α-hetero) is 1. The Balaban J connectivity index is 1.63. The van der Waals surface area contributed by atoms with Crippen LogP contribution in [0.5, 0.6) is 5.75 Å². The molecule has 3 aliphatic carbocycles. The minimum absolute atomic E-state index is 0.0220. The number of rotatable bonds is 2. The lowest BCUT2D eigenvalue weighted by molar-refractivity contribution is -0.131. The number of phenols is 1. The number of hydrogen-bond acceptors (Lipinski definition) is 3. The summed E-state index contributed by atoms with van der Waals surface area (Å²) in [5.74, 6) is 2.71. The van der Waals surface area contributed by atoms with Gasteiger partial charge in [-0.1, -0.05) is 13.0 Å². The molecule has 4 aliphatic rings. The van der Waals surface area contributed by atoms with E-state index >= 15 is 0 Å². The van der Waals surface area contributed by atoms with Crippen molar-refractivity contribution in [3.63, 3.8) is 0 Å². The molecule has 1 heterocycles. The molecule has 2 saturated carbocycles. The Morgan fingerprint density at radius 1 is 1.29 bits per heavy atom. The van der Waals surface area contributed by atoms with Gasteiger partial charge in [-0.15, -0.1) is 0 Å². The Morgan fingerprint density at radius 3 is 2.92 bits per heavy atom. The smallest absolute Gasteiger partial charge is 0.134 e. The summed E-state index contributed by atoms with van der Waals surface area (Å²) in [6, 6.07) is 6.49. The zero-order valence-corrected chi connectivity index (χ0v) is 14.5. The third-order valence-corrected chi connectivity index (χ3v) is 7.29. The van der Waals surface area contributed by atoms with Gasteiger partial charge in [0.05, 0.1) is 0 Å². The van der Waals surface area contributed by atoms with E-state index < -0.39 is 0 Å². The molecule has 3 fully saturated rings. The van der Waals surface area contributed by atoms with E-state index in [1.54, 1.807) is 0 Å². The summed E-state index contributed by atoms with van der Waals surface area (Å²) < 4.78 is 0. The Bertz CT molecular complexity index is 695. The number of carbonyl (C=O) groups excluding carboxylic acids is 1. The predicted molar refractivity (Wildman–Crippen MR) is 93.1 cm³/mol. The van der Waals surface area contributed by atoms with E-state index in [1.165, 1.54) is 30.5 Å². The monoisotopic (exact) mass is 325 g/mol. The molecule has 2 unspecified atom stereocenters. The van der Waals surface area contributed by atoms with Gasteiger partial charge in [-0.25, -0.2) is 0 Å². The number of carbonyl (C=O) groups is 1. The van der Waals surface area contributed by atoms with E-state index in [0.29, 0.717) is 35.8 Å². The zero-order chi connectivity index (χ0) is 16.5. The van der Waals surface area contributed by atoms with Crippen molar-refractivity contribution in [1.29, 1.82) is 0 Å². The molecule has 4 atom stereocenters. The molecular formula is C21H27NO2. The normalized spacial score (nSPS) is 38.5. The number of nitrogens with zero attached hydrogens (tertiary/aromatic N) is 1. The molecule has 128 valence electrons. The van der Waals surface area contributed by atoms with E-state index in [1.807, 2.05) is 12.1 Å². The molecule has 1 aliphatic heterocycles. The third kappa shape index (κ3) is 2.10. The van der Waals surface area contributed by atoms with E-state index in [2.05, 4.69) is 17.9 Å². The molecular weight excluding hydrogens is 298 g/mol. The molecule has 3 heteroatoms. The van der Waals surface area contributed by atoms with Gasteiger partial charge >= 0.3 is 0 Å². The van der Waals surface area contributed by atoms with Gasteiger partial charge in [0.2, 0.25) is 0 Å². The largest absolute Gasteiger partial charge is 0.508 e. The minimum atomic E-state index is -0.0220. The standard InChI is InChI=1S/C21H27NO2/c1-13-8-17(24)11-21-6-7-22(12-14-2-3-14)19(20(13)21)9-15-4-5-16(23)10-18(15)21/h4-5,10,13-14,19-20,23H,2-3,6-9,11-12H2,1H3/t13-,19?,20-,21?/m1/s1. The number of piperidine rings is 1. The highest BCUT2D eigenvalue weighted by molar-refractivity contribution is 5.82. The van der Waals surface area contributed by atoms with Crippen molar-refractivity contribution in [3.8, 4) is 5.75 Å². The van der Waals surface area contributed by atoms with Crippen molar-refractivity contribution in [2.45, 2.75) is 56.9 Å². The van der Waals surface area contributed by atoms with Crippen LogP contribution in [-0.2, 0) is 16.6 Å². The van der Waals surface area contributed by atoms with Crippen LogP contribution >= 0.6 is 0 Å². The molecule has 1 saturated heterocycles. The van der Waals surface area contributed by atoms with Gasteiger partial charge in [0, 0.05) is 30.8 Å². The van der Waals surface area contributed by atoms with Crippen LogP contribution in [0.2, 0.25) is 0 Å². The number of hydrogen-bond donors (Lipinski definition) is 1. The van der Waals surface area contributed by atoms with Gasteiger partial charge in [-0.05, 0) is 73.2 Å². The summed E-state index contributed by atoms with van der Waals surface area (Å²) in [5.41, 5.74) is 2.64. The second-order valence-electron chi connectivity index (χ2n) is 8.88. The molecule has 24 heavy (non-hydrogen) atoms. The number of ketones is 1. The Labute approximate surface area is 144 Å². The van der Waals surface area contributed by atoms with Gasteiger partial charge in [-0.2, -0.15) is 0 Å². The van der Waals surface area contributed by atoms with E-state index in [-0.39, 0.29) is 5.41 Å². The van der Waals surface area contributed by atoms with Crippen molar-refractivity contribution < 1.29 is 9.90 Å². The van der Waals surface area contributed by atoms with Crippen LogP contribution in [0.25, 0.3) is 0 Å². The highest BCUT2D eigenvalue weighted by Crippen LogP contribution is 2.57. The van der Waals surface area contributed by atoms with Crippen LogP contribution in [0.3, 0.4) is 0 Å². The maximum absolute atomic E-state index is 12.5. The van der Waals surface area contributed by atoms with Crippen molar-refractivity contribution in [1.82, 2.24) is 4.90 Å². The van der Waals surface area contributed by atoms with Crippen LogP contribution in [0.15, 0.2) is 18.2 Å². The second kappa shape index (κ2) is 5.08. The maximum atomic E-state index is 12.5. The van der Waals surface area contributed by atoms with Crippen molar-refractivity contribution in [2.24, 2.45) is 17.8 Å². The van der Waals surface area contributed by atoms with Crippen LogP contribution < -0.4 is 0 Å². The fourth-order valence-corrected chi connectivity index (χ4v) is 6.27. The van der Waals surface area contributed by atoms with Crippen LogP contribution in [0, 0.1) is 17.8 Å². The van der Waals surface area contributed by atoms with Crippen LogP contribution in [-0.4, -0.2) is 34.9 Å². The Hall–Kier alpha value is -1.35. The molecule has 3 nitrogen and oxygen atoms in total. The van der Waals surface area contributed by atoms with Crippen molar-refractivity contribution in [3.05, 3.63) is 29.3 Å². The second-order valence-corrected chi connectivity index (χ2v) is 8.88. The Morgan fingerprint density at radius 2 is 2.12 bits per heavy atom. The van der Waals surface area contributed by atoms with Gasteiger partial charge < -0.3 is 5.11 Å². The number of likely N-dealkylation sites (tertiary alicyclic amines) is 1. The summed E-state index contributed by atoms with van der Waals surface area (Å²) in [7, 11) is 0. The molecule has 1 aromatic carbocycles. The number of phenolic OH excluding ortho intramolecular Hbond substituents is 1. The van der Waals surface area contributed by atoms with Gasteiger partial charge in [-0.3, -0.25) is 9.69 Å². The van der Waals surface area contributed by atoms with Crippen molar-refractivity contribution in [2.75, 3.05) is 13.1 Å². The summed E-state index contributed by atoms with van der Waals surface area (Å²) in [5, 5.41) is 10.1. The third-order valence-electron chi connectivity index (χ3n) is 7.29. The first-order valence-corrected chi connectivity index (χ1v) is 9.65. The number of fused-ring (bicyclic) bond motifs is 1. The molecule has 1 aromatic rings. The highest BCUT2D eigenvalue weighted by atomic mass is 16.3. The Kier molecular flexibility index (Phi) is 3.16. The molecule has 0 amide bonds. The molecule has 5 rings (SSSR count). The zero-order valence-electron chi connectivity index (χ0n) is 14.5. The first-order chi connectivity index (χ1) is 11.6. The van der Waals surface area contributed by atoms with E-state index in [9.17, 15) is 9.90 Å². The first-order valence-electron chi connectivity index (χ1n) is 9.65. The van der Waals surface area contributed by atoms with Gasteiger partial charge in [0.1, 0.15) is 11.5 Å². The fourth-order valence-electron chi connectivity index (χ4n) is 6.27. The van der Waals surface area contributed by atoms with E-state index in [4.69, 9.17) is 0 Å². The lowest BCUT2D eigenvalue weighted by atomic mass is 9.49. The number of benzene rings is 1. The van der Waals surface area contributed by atoms with Crippen LogP contribution in [0.1, 0.15) is 50.2 Å². The quantitative estimate of drug-likeness (QED) is 0.907. The van der Waals surface area contributed by atoms with Gasteiger partial charge in [0.15, 0.2) is 0 Å². The predicted octanol–water partition coefficient (Wildman–Crippen LogP) is 3.29. The minimum Gasteiger partial charge on any atom is -0.508 e. The van der Waals surface area contributed by atoms with Crippen LogP contribution in [0.4, 0.5) is 0 Å².